The van der Waals surface area contributed by atoms with E-state index in [4.69, 9.17) is 24.7 Å². The summed E-state index contributed by atoms with van der Waals surface area (Å²) >= 11 is 0. The highest BCUT2D eigenvalue weighted by Crippen LogP contribution is 2.32. The summed E-state index contributed by atoms with van der Waals surface area (Å²) < 4.78 is 51.8. The Hall–Kier alpha value is -4.32. The summed E-state index contributed by atoms with van der Waals surface area (Å²) in [6.07, 6.45) is 2.10. The monoisotopic (exact) mass is 749 g/mol. The summed E-state index contributed by atoms with van der Waals surface area (Å²) in [5, 5.41) is 2.58. The number of primary amides is 1. The number of Topliss-reactive ketones (excluding diaryl/α,β-unsaturated/α-hetero) is 1. The molecule has 0 aromatic rings. The molecule has 17 heteroatoms. The molecule has 3 amide bonds. The van der Waals surface area contributed by atoms with E-state index in [1.54, 1.807) is 33.8 Å². The summed E-state index contributed by atoms with van der Waals surface area (Å²) in [4.78, 5) is 67.5. The van der Waals surface area contributed by atoms with Crippen molar-refractivity contribution in [2.24, 2.45) is 17.6 Å². The minimum Gasteiger partial charge on any atom is -0.442 e. The van der Waals surface area contributed by atoms with Gasteiger partial charge in [0.25, 0.3) is 5.91 Å². The molecule has 5 N–H and O–H groups in total. The molecular weight excluding hydrogens is 698 g/mol. The Bertz CT molecular complexity index is 1660. The maximum absolute atomic E-state index is 13.9. The molecule has 2 aliphatic heterocycles. The van der Waals surface area contributed by atoms with Crippen molar-refractivity contribution in [1.82, 2.24) is 19.7 Å². The minimum atomic E-state index is -4.28. The molecule has 0 aromatic carbocycles. The molecule has 0 spiro atoms. The molecule has 2 heterocycles. The van der Waals surface area contributed by atoms with Crippen molar-refractivity contribution in [2.45, 2.75) is 91.3 Å². The van der Waals surface area contributed by atoms with Crippen molar-refractivity contribution in [1.29, 1.82) is 0 Å². The second kappa shape index (κ2) is 18.4. The fraction of sp³-hybridized carbons (Fsp3) is 0.571. The first-order chi connectivity index (χ1) is 24.4. The van der Waals surface area contributed by atoms with Gasteiger partial charge in [-0.2, -0.15) is 13.1 Å². The third-order valence-electron chi connectivity index (χ3n) is 8.75. The molecule has 2 bridgehead atoms. The van der Waals surface area contributed by atoms with Gasteiger partial charge in [0.1, 0.15) is 12.2 Å². The van der Waals surface area contributed by atoms with Gasteiger partial charge in [-0.1, -0.05) is 38.2 Å². The summed E-state index contributed by atoms with van der Waals surface area (Å²) in [6, 6.07) is -0.513. The zero-order chi connectivity index (χ0) is 38.9. The second-order valence-electron chi connectivity index (χ2n) is 13.5. The van der Waals surface area contributed by atoms with E-state index in [9.17, 15) is 32.4 Å². The van der Waals surface area contributed by atoms with Gasteiger partial charge in [0.2, 0.25) is 11.6 Å². The van der Waals surface area contributed by atoms with Gasteiger partial charge in [0, 0.05) is 56.5 Å². The van der Waals surface area contributed by atoms with E-state index >= 15 is 0 Å². The molecule has 0 saturated carbocycles. The lowest BCUT2D eigenvalue weighted by Crippen LogP contribution is -2.47. The first kappa shape index (κ1) is 42.1. The smallest absolute Gasteiger partial charge is 0.422 e. The largest absolute Gasteiger partial charge is 0.442 e. The van der Waals surface area contributed by atoms with Gasteiger partial charge >= 0.3 is 22.4 Å². The molecule has 288 valence electrons. The highest BCUT2D eigenvalue weighted by Gasteiger charge is 2.38. The van der Waals surface area contributed by atoms with E-state index in [-0.39, 0.29) is 41.3 Å². The first-order valence-electron chi connectivity index (χ1n) is 17.0. The van der Waals surface area contributed by atoms with Crippen molar-refractivity contribution < 1.29 is 51.3 Å². The third-order valence-corrected chi connectivity index (χ3v) is 9.97. The van der Waals surface area contributed by atoms with E-state index < -0.39 is 76.2 Å². The van der Waals surface area contributed by atoms with Crippen LogP contribution in [0.3, 0.4) is 0 Å². The number of hydrogen-bond donors (Lipinski definition) is 4. The maximum Gasteiger partial charge on any atom is 0.422 e. The minimum absolute atomic E-state index is 0.111. The summed E-state index contributed by atoms with van der Waals surface area (Å²) in [7, 11) is -1.50. The van der Waals surface area contributed by atoms with Crippen LogP contribution < -0.4 is 20.5 Å². The second-order valence-corrected chi connectivity index (χ2v) is 14.9. The Balaban J connectivity index is 2.16. The Morgan fingerprint density at radius 1 is 1.06 bits per heavy atom. The Kier molecular flexibility index (Phi) is 14.9. The summed E-state index contributed by atoms with van der Waals surface area (Å²) in [5.74, 6) is -2.57. The zero-order valence-corrected chi connectivity index (χ0v) is 31.7. The normalized spacial score (nSPS) is 29.5. The van der Waals surface area contributed by atoms with Crippen LogP contribution in [-0.4, -0.2) is 101 Å². The van der Waals surface area contributed by atoms with E-state index in [0.29, 0.717) is 18.7 Å². The van der Waals surface area contributed by atoms with E-state index in [1.165, 1.54) is 39.4 Å². The standard InChI is InChI=1S/C35H51N5O11S/c1-19(2)38-52(46,47)39-35(45)51-32-23(6)17-22(5)31(50-34(36)44)27(48-7)12-9-11-21(4)33(43)37-25-18-26(41)29(40-13-10-14-40)24(30(25)42)15-20(3)16-28(32)49-8/h9,11-12,17-20,23,27-28,31-32,38H,10,13-16H2,1-8H3,(H2,36,44)(H,37,43)(H,39,45)/b12-9-,21-11+,22-17+/t20-,23+,27?,28+,31+,32?/m1/s1. The van der Waals surface area contributed by atoms with E-state index in [0.717, 1.165) is 12.5 Å². The SMILES string of the molecule is COC1/C=C\C=C(/C)C(=O)NC2=CC(=O)C(N3CCC3)=C(C[C@@H](C)C[C@H](OC)C(OC(=O)NS(=O)(=O)NC(C)C)[C@@H](C)/C=C(\C)[C@@H]1OC(N)=O)C2=O. The number of ketones is 2. The lowest BCUT2D eigenvalue weighted by atomic mass is 9.84. The highest BCUT2D eigenvalue weighted by atomic mass is 32.2. The molecule has 6 atom stereocenters. The number of hydrogen-bond acceptors (Lipinski definition) is 12. The van der Waals surface area contributed by atoms with Crippen LogP contribution in [-0.2, 0) is 43.5 Å². The predicted molar refractivity (Wildman–Crippen MR) is 190 cm³/mol. The van der Waals surface area contributed by atoms with Crippen LogP contribution >= 0.6 is 0 Å². The molecule has 3 rings (SSSR count). The molecule has 1 aliphatic carbocycles. The number of amides is 3. The molecule has 52 heavy (non-hydrogen) atoms. The van der Waals surface area contributed by atoms with Gasteiger partial charge in [-0.3, -0.25) is 14.4 Å². The number of nitrogens with two attached hydrogens (primary N) is 1. The van der Waals surface area contributed by atoms with Crippen molar-refractivity contribution in [3.63, 3.8) is 0 Å². The Morgan fingerprint density at radius 2 is 1.73 bits per heavy atom. The van der Waals surface area contributed by atoms with Gasteiger partial charge in [-0.05, 0) is 58.4 Å². The lowest BCUT2D eigenvalue weighted by molar-refractivity contribution is -0.120. The molecular formula is C35H51N5O11S. The first-order valence-corrected chi connectivity index (χ1v) is 18.5. The number of methoxy groups -OCH3 is 2. The van der Waals surface area contributed by atoms with Gasteiger partial charge in [0.05, 0.1) is 17.5 Å². The number of carbonyl (C=O) groups is 5. The number of allylic oxidation sites excluding steroid dienone is 4. The molecule has 1 saturated heterocycles. The van der Waals surface area contributed by atoms with Crippen molar-refractivity contribution in [2.75, 3.05) is 27.3 Å². The van der Waals surface area contributed by atoms with Crippen molar-refractivity contribution in [3.8, 4) is 0 Å². The quantitative estimate of drug-likeness (QED) is 0.208. The molecule has 3 aliphatic rings. The number of ether oxygens (including phenoxy) is 4. The number of likely N-dealkylation sites (tertiary alicyclic amines) is 1. The van der Waals surface area contributed by atoms with Crippen LogP contribution in [0.2, 0.25) is 0 Å². The lowest BCUT2D eigenvalue weighted by Gasteiger charge is -2.37. The van der Waals surface area contributed by atoms with Crippen LogP contribution in [0, 0.1) is 11.8 Å². The van der Waals surface area contributed by atoms with Crippen molar-refractivity contribution >= 4 is 39.9 Å². The number of fused-ring (bicyclic) bond motifs is 2. The molecule has 16 nitrogen and oxygen atoms in total. The van der Waals surface area contributed by atoms with Crippen LogP contribution in [0.15, 0.2) is 58.5 Å². The van der Waals surface area contributed by atoms with Crippen LogP contribution in [0.1, 0.15) is 60.8 Å². The fourth-order valence-corrected chi connectivity index (χ4v) is 7.17. The molecule has 1 fully saturated rings. The molecule has 0 radical (unpaired) electrons. The van der Waals surface area contributed by atoms with Crippen LogP contribution in [0.25, 0.3) is 0 Å². The summed E-state index contributed by atoms with van der Waals surface area (Å²) in [6.45, 7) is 11.1. The van der Waals surface area contributed by atoms with Crippen LogP contribution in [0.4, 0.5) is 9.59 Å². The predicted octanol–water partition coefficient (Wildman–Crippen LogP) is 2.44. The van der Waals surface area contributed by atoms with Crippen molar-refractivity contribution in [3.05, 3.63) is 58.5 Å². The van der Waals surface area contributed by atoms with E-state index in [1.807, 2.05) is 16.5 Å². The topological polar surface area (TPSA) is 222 Å². The van der Waals surface area contributed by atoms with Gasteiger partial charge in [-0.15, -0.1) is 0 Å². The van der Waals surface area contributed by atoms with Crippen LogP contribution in [0.5, 0.6) is 0 Å². The number of nitrogens with one attached hydrogen (secondary N) is 3. The Morgan fingerprint density at radius 3 is 2.29 bits per heavy atom. The number of nitrogens with zero attached hydrogens (tertiary/aromatic N) is 1. The number of rotatable bonds is 8. The average molecular weight is 750 g/mol. The maximum atomic E-state index is 13.9. The Labute approximate surface area is 305 Å². The number of carbonyl (C=O) groups excluding carboxylic acids is 5. The van der Waals surface area contributed by atoms with Gasteiger partial charge < -0.3 is 34.9 Å². The fourth-order valence-electron chi connectivity index (χ4n) is 6.22. The summed E-state index contributed by atoms with van der Waals surface area (Å²) in [5.41, 5.74) is 6.43. The van der Waals surface area contributed by atoms with Gasteiger partial charge in [-0.25, -0.2) is 14.3 Å². The third kappa shape index (κ3) is 11.3. The molecule has 0 aromatic heterocycles. The molecule has 2 unspecified atom stereocenters. The average Bonchev–Trinajstić information content (AvgIpc) is 3.01. The zero-order valence-electron chi connectivity index (χ0n) is 30.9. The highest BCUT2D eigenvalue weighted by molar-refractivity contribution is 7.88. The van der Waals surface area contributed by atoms with Gasteiger partial charge in [0.15, 0.2) is 6.10 Å². The van der Waals surface area contributed by atoms with E-state index in [2.05, 4.69) is 10.0 Å².